The molecular formula is C41H49N3O5Si2. The minimum Gasteiger partial charge on any atom is -0.399 e. The van der Waals surface area contributed by atoms with E-state index in [1.54, 1.807) is 12.3 Å². The van der Waals surface area contributed by atoms with Crippen LogP contribution in [0.4, 0.5) is 5.82 Å². The first-order valence-electron chi connectivity index (χ1n) is 17.5. The predicted molar refractivity (Wildman–Crippen MR) is 209 cm³/mol. The van der Waals surface area contributed by atoms with Crippen molar-refractivity contribution >= 4 is 43.2 Å². The summed E-state index contributed by atoms with van der Waals surface area (Å²) in [5.74, 6) is 0.109. The van der Waals surface area contributed by atoms with Crippen LogP contribution in [0.25, 0.3) is 0 Å². The topological polar surface area (TPSA) is 109 Å². The van der Waals surface area contributed by atoms with E-state index >= 15 is 0 Å². The quantitative estimate of drug-likeness (QED) is 0.203. The number of nitrogen functional groups attached to an aromatic ring is 1. The summed E-state index contributed by atoms with van der Waals surface area (Å²) < 4.78 is 23.8. The van der Waals surface area contributed by atoms with E-state index in [-0.39, 0.29) is 17.5 Å². The van der Waals surface area contributed by atoms with Crippen LogP contribution in [-0.2, 0) is 13.6 Å². The lowest BCUT2D eigenvalue weighted by Crippen LogP contribution is -2.71. The van der Waals surface area contributed by atoms with Crippen LogP contribution in [0.1, 0.15) is 47.8 Å². The molecule has 4 aromatic carbocycles. The van der Waals surface area contributed by atoms with Crippen molar-refractivity contribution in [2.45, 2.75) is 76.2 Å². The molecule has 0 amide bonds. The van der Waals surface area contributed by atoms with Crippen LogP contribution >= 0.6 is 0 Å². The minimum atomic E-state index is -3.27. The van der Waals surface area contributed by atoms with Gasteiger partial charge in [0, 0.05) is 6.20 Å². The second-order valence-corrected chi connectivity index (χ2v) is 23.8. The molecule has 0 saturated carbocycles. The average molecular weight is 720 g/mol. The zero-order valence-corrected chi connectivity index (χ0v) is 32.3. The Bertz CT molecular complexity index is 1870. The molecular weight excluding hydrogens is 671 g/mol. The van der Waals surface area contributed by atoms with Crippen molar-refractivity contribution in [3.05, 3.63) is 144 Å². The van der Waals surface area contributed by atoms with E-state index in [1.165, 1.54) is 4.57 Å². The SMILES string of the molecule is CC(C)(C)[Si](OC1C(CO)OC(n2ccc(N)nc2=O)C1O[Si](c1ccccc1)(c1ccccc1)C(C)(C)C)(c1ccccc1)c1ccccc1. The fourth-order valence-electron chi connectivity index (χ4n) is 7.76. The molecule has 8 nitrogen and oxygen atoms in total. The smallest absolute Gasteiger partial charge is 0.351 e. The number of rotatable bonds is 10. The highest BCUT2D eigenvalue weighted by Gasteiger charge is 2.60. The van der Waals surface area contributed by atoms with Gasteiger partial charge in [0.1, 0.15) is 24.1 Å². The molecule has 1 fully saturated rings. The van der Waals surface area contributed by atoms with Crippen LogP contribution in [0.3, 0.4) is 0 Å². The van der Waals surface area contributed by atoms with Gasteiger partial charge in [0.05, 0.1) is 6.61 Å². The van der Waals surface area contributed by atoms with Crippen LogP contribution in [0.15, 0.2) is 138 Å². The number of benzene rings is 4. The zero-order chi connectivity index (χ0) is 36.4. The standard InChI is InChI=1S/C41H49N3O5Si2/c1-40(2,3)50(30-19-11-7-12-20-30,31-21-13-8-14-22-31)48-36-34(29-45)47-38(44-28-27-35(42)43-39(44)46)37(36)49-51(41(4,5)6,32-23-15-9-16-24-32)33-25-17-10-18-26-33/h7-28,34,36-38,45H,29H2,1-6H3,(H2,42,43,46). The van der Waals surface area contributed by atoms with Crippen LogP contribution in [-0.4, -0.2) is 56.2 Å². The number of aromatic nitrogens is 2. The van der Waals surface area contributed by atoms with E-state index in [0.717, 1.165) is 20.7 Å². The Morgan fingerprint density at radius 2 is 1.04 bits per heavy atom. The molecule has 2 heterocycles. The molecule has 266 valence electrons. The second-order valence-electron chi connectivity index (χ2n) is 15.3. The van der Waals surface area contributed by atoms with Gasteiger partial charge < -0.3 is 24.4 Å². The number of ether oxygens (including phenoxy) is 1. The first-order valence-corrected chi connectivity index (χ1v) is 21.3. The van der Waals surface area contributed by atoms with Gasteiger partial charge in [0.2, 0.25) is 0 Å². The molecule has 0 aliphatic carbocycles. The van der Waals surface area contributed by atoms with E-state index in [2.05, 4.69) is 95.1 Å². The fraction of sp³-hybridized carbons (Fsp3) is 0.317. The maximum atomic E-state index is 13.6. The van der Waals surface area contributed by atoms with Gasteiger partial charge in [-0.15, -0.1) is 0 Å². The number of aliphatic hydroxyl groups is 1. The Labute approximate surface area is 303 Å². The third-order valence-corrected chi connectivity index (χ3v) is 20.1. The molecule has 0 bridgehead atoms. The van der Waals surface area contributed by atoms with Crippen molar-refractivity contribution in [3.8, 4) is 0 Å². The molecule has 1 saturated heterocycles. The number of hydrogen-bond donors (Lipinski definition) is 2. The van der Waals surface area contributed by atoms with E-state index in [0.29, 0.717) is 0 Å². The van der Waals surface area contributed by atoms with E-state index < -0.39 is 51.9 Å². The Kier molecular flexibility index (Phi) is 10.4. The minimum absolute atomic E-state index is 0.109. The summed E-state index contributed by atoms with van der Waals surface area (Å²) in [4.78, 5) is 17.7. The molecule has 51 heavy (non-hydrogen) atoms. The summed E-state index contributed by atoms with van der Waals surface area (Å²) in [5, 5.41) is 14.6. The van der Waals surface area contributed by atoms with Crippen molar-refractivity contribution in [2.75, 3.05) is 12.3 Å². The molecule has 4 unspecified atom stereocenters. The van der Waals surface area contributed by atoms with E-state index in [4.69, 9.17) is 19.3 Å². The average Bonchev–Trinajstić information content (AvgIpc) is 3.45. The highest BCUT2D eigenvalue weighted by atomic mass is 28.4. The maximum absolute atomic E-state index is 13.6. The van der Waals surface area contributed by atoms with Crippen molar-refractivity contribution in [1.29, 1.82) is 0 Å². The van der Waals surface area contributed by atoms with Crippen molar-refractivity contribution in [2.24, 2.45) is 0 Å². The lowest BCUT2D eigenvalue weighted by atomic mass is 10.1. The van der Waals surface area contributed by atoms with Gasteiger partial charge >= 0.3 is 5.69 Å². The Morgan fingerprint density at radius 3 is 1.37 bits per heavy atom. The number of hydrogen-bond acceptors (Lipinski definition) is 7. The van der Waals surface area contributed by atoms with Gasteiger partial charge in [0.25, 0.3) is 16.6 Å². The third kappa shape index (κ3) is 6.68. The lowest BCUT2D eigenvalue weighted by Gasteiger charge is -2.49. The predicted octanol–water partition coefficient (Wildman–Crippen LogP) is 4.61. The molecule has 4 atom stereocenters. The molecule has 1 aliphatic heterocycles. The van der Waals surface area contributed by atoms with Gasteiger partial charge in [-0.25, -0.2) is 4.79 Å². The third-order valence-electron chi connectivity index (χ3n) is 10.1. The summed E-state index contributed by atoms with van der Waals surface area (Å²) in [7, 11) is -6.49. The van der Waals surface area contributed by atoms with E-state index in [9.17, 15) is 9.90 Å². The molecule has 6 rings (SSSR count). The molecule has 1 aromatic heterocycles. The first-order chi connectivity index (χ1) is 24.3. The fourth-order valence-corrected chi connectivity index (χ4v) is 17.1. The van der Waals surface area contributed by atoms with Crippen LogP contribution in [0, 0.1) is 0 Å². The first kappa shape index (κ1) is 36.6. The van der Waals surface area contributed by atoms with Crippen molar-refractivity contribution < 1.29 is 18.7 Å². The Balaban J connectivity index is 1.64. The van der Waals surface area contributed by atoms with E-state index in [1.807, 2.05) is 72.8 Å². The second kappa shape index (κ2) is 14.5. The van der Waals surface area contributed by atoms with Gasteiger partial charge in [-0.1, -0.05) is 163 Å². The maximum Gasteiger partial charge on any atom is 0.351 e. The van der Waals surface area contributed by atoms with Crippen LogP contribution < -0.4 is 32.2 Å². The summed E-state index contributed by atoms with van der Waals surface area (Å²) >= 11 is 0. The van der Waals surface area contributed by atoms with Crippen LogP contribution in [0.5, 0.6) is 0 Å². The highest BCUT2D eigenvalue weighted by Crippen LogP contribution is 2.45. The van der Waals surface area contributed by atoms with Gasteiger partial charge in [-0.2, -0.15) is 4.98 Å². The van der Waals surface area contributed by atoms with Gasteiger partial charge in [-0.3, -0.25) is 4.57 Å². The number of anilines is 1. The van der Waals surface area contributed by atoms with Crippen molar-refractivity contribution in [1.82, 2.24) is 9.55 Å². The normalized spacial score (nSPS) is 20.0. The number of aliphatic hydroxyl groups excluding tert-OH is 1. The Hall–Kier alpha value is -4.17. The summed E-state index contributed by atoms with van der Waals surface area (Å²) in [6.07, 6.45) is -1.86. The monoisotopic (exact) mass is 719 g/mol. The molecule has 10 heteroatoms. The summed E-state index contributed by atoms with van der Waals surface area (Å²) in [6, 6.07) is 43.0. The Morgan fingerprint density at radius 1 is 0.667 bits per heavy atom. The molecule has 3 N–H and O–H groups in total. The number of nitrogens with two attached hydrogens (primary N) is 1. The summed E-state index contributed by atoms with van der Waals surface area (Å²) in [6.45, 7) is 12.9. The van der Waals surface area contributed by atoms with Gasteiger partial charge in [-0.05, 0) is 36.9 Å². The highest BCUT2D eigenvalue weighted by molar-refractivity contribution is 7.00. The summed E-state index contributed by atoms with van der Waals surface area (Å²) in [5.41, 5.74) is 5.39. The molecule has 1 aliphatic rings. The largest absolute Gasteiger partial charge is 0.399 e. The lowest BCUT2D eigenvalue weighted by molar-refractivity contribution is -0.0524. The van der Waals surface area contributed by atoms with Crippen LogP contribution in [0.2, 0.25) is 10.1 Å². The molecule has 0 radical (unpaired) electrons. The molecule has 0 spiro atoms. The molecule has 5 aromatic rings. The number of nitrogens with zero attached hydrogens (tertiary/aromatic N) is 2. The zero-order valence-electron chi connectivity index (χ0n) is 30.3. The van der Waals surface area contributed by atoms with Crippen molar-refractivity contribution in [3.63, 3.8) is 0 Å². The van der Waals surface area contributed by atoms with Gasteiger partial charge in [0.15, 0.2) is 6.23 Å².